The Balaban J connectivity index is 1.91. The van der Waals surface area contributed by atoms with E-state index in [1.54, 1.807) is 19.3 Å². The van der Waals surface area contributed by atoms with Gasteiger partial charge in [0, 0.05) is 24.7 Å². The van der Waals surface area contributed by atoms with E-state index in [-0.39, 0.29) is 5.91 Å². The van der Waals surface area contributed by atoms with Gasteiger partial charge in [-0.25, -0.2) is 0 Å². The van der Waals surface area contributed by atoms with E-state index < -0.39 is 0 Å². The molecule has 1 fully saturated rings. The van der Waals surface area contributed by atoms with Crippen LogP contribution in [-0.2, 0) is 4.79 Å². The van der Waals surface area contributed by atoms with Crippen LogP contribution in [0, 0.1) is 0 Å². The van der Waals surface area contributed by atoms with Gasteiger partial charge in [-0.1, -0.05) is 36.4 Å². The Kier molecular flexibility index (Phi) is 5.42. The number of para-hydroxylation sites is 1. The topological polar surface area (TPSA) is 29.5 Å². The van der Waals surface area contributed by atoms with Crippen molar-refractivity contribution in [3.8, 4) is 5.75 Å². The molecule has 2 rings (SSSR count). The van der Waals surface area contributed by atoms with Gasteiger partial charge >= 0.3 is 0 Å². The maximum atomic E-state index is 11.9. The van der Waals surface area contributed by atoms with E-state index in [1.165, 1.54) is 6.42 Å². The molecule has 1 saturated heterocycles. The molecule has 0 radical (unpaired) electrons. The van der Waals surface area contributed by atoms with Gasteiger partial charge in [0.05, 0.1) is 7.11 Å². The van der Waals surface area contributed by atoms with Gasteiger partial charge in [-0.3, -0.25) is 4.79 Å². The summed E-state index contributed by atoms with van der Waals surface area (Å²) >= 11 is 0. The van der Waals surface area contributed by atoms with E-state index in [9.17, 15) is 4.79 Å². The number of ether oxygens (including phenoxy) is 1. The maximum absolute atomic E-state index is 11.9. The largest absolute Gasteiger partial charge is 0.496 e. The Morgan fingerprint density at radius 2 is 1.90 bits per heavy atom. The van der Waals surface area contributed by atoms with Crippen molar-refractivity contribution in [2.45, 2.75) is 19.3 Å². The lowest BCUT2D eigenvalue weighted by molar-refractivity contribution is -0.126. The van der Waals surface area contributed by atoms with Crippen LogP contribution in [0.5, 0.6) is 5.75 Å². The zero-order valence-corrected chi connectivity index (χ0v) is 11.9. The highest BCUT2D eigenvalue weighted by Gasteiger charge is 2.13. The van der Waals surface area contributed by atoms with Crippen molar-refractivity contribution < 1.29 is 9.53 Å². The van der Waals surface area contributed by atoms with Gasteiger partial charge in [-0.2, -0.15) is 0 Å². The number of amides is 1. The maximum Gasteiger partial charge on any atom is 0.246 e. The smallest absolute Gasteiger partial charge is 0.246 e. The summed E-state index contributed by atoms with van der Waals surface area (Å²) in [6.45, 7) is 1.78. The van der Waals surface area contributed by atoms with Crippen molar-refractivity contribution in [3.05, 3.63) is 48.1 Å². The second-order valence-electron chi connectivity index (χ2n) is 4.85. The molecule has 1 heterocycles. The molecule has 0 bridgehead atoms. The minimum absolute atomic E-state index is 0.106. The molecule has 1 aromatic carbocycles. The highest BCUT2D eigenvalue weighted by molar-refractivity contribution is 5.88. The third-order valence-corrected chi connectivity index (χ3v) is 3.43. The summed E-state index contributed by atoms with van der Waals surface area (Å²) in [5, 5.41) is 0. The first-order valence-electron chi connectivity index (χ1n) is 7.08. The van der Waals surface area contributed by atoms with Gasteiger partial charge in [0.15, 0.2) is 0 Å². The summed E-state index contributed by atoms with van der Waals surface area (Å²) < 4.78 is 5.27. The van der Waals surface area contributed by atoms with Crippen LogP contribution in [0.25, 0.3) is 6.08 Å². The van der Waals surface area contributed by atoms with Crippen molar-refractivity contribution in [1.29, 1.82) is 0 Å². The second kappa shape index (κ2) is 7.53. The fourth-order valence-electron chi connectivity index (χ4n) is 2.32. The molecule has 1 aromatic rings. The molecular formula is C17H21NO2. The fourth-order valence-corrected chi connectivity index (χ4v) is 2.32. The zero-order chi connectivity index (χ0) is 14.2. The lowest BCUT2D eigenvalue weighted by atomic mass is 10.1. The molecule has 0 spiro atoms. The number of carbonyl (C=O) groups excluding carboxylic acids is 1. The average molecular weight is 271 g/mol. The Morgan fingerprint density at radius 3 is 2.65 bits per heavy atom. The first-order chi connectivity index (χ1) is 9.81. The van der Waals surface area contributed by atoms with E-state index >= 15 is 0 Å². The molecule has 0 saturated carbocycles. The van der Waals surface area contributed by atoms with Gasteiger partial charge in [0.1, 0.15) is 5.75 Å². The number of rotatable bonds is 4. The van der Waals surface area contributed by atoms with Crippen molar-refractivity contribution >= 4 is 12.0 Å². The van der Waals surface area contributed by atoms with Crippen molar-refractivity contribution in [3.63, 3.8) is 0 Å². The van der Waals surface area contributed by atoms with Gasteiger partial charge in [-0.05, 0) is 25.3 Å². The van der Waals surface area contributed by atoms with Gasteiger partial charge < -0.3 is 9.64 Å². The van der Waals surface area contributed by atoms with Crippen LogP contribution in [0.1, 0.15) is 24.8 Å². The SMILES string of the molecule is COc1ccccc1/C=C/C=C/C(=O)N1CCCCC1. The average Bonchev–Trinajstić information content (AvgIpc) is 2.52. The molecule has 3 heteroatoms. The van der Waals surface area contributed by atoms with E-state index in [4.69, 9.17) is 4.74 Å². The molecule has 20 heavy (non-hydrogen) atoms. The third kappa shape index (κ3) is 3.98. The van der Waals surface area contributed by atoms with Crippen LogP contribution in [0.2, 0.25) is 0 Å². The highest BCUT2D eigenvalue weighted by atomic mass is 16.5. The number of allylic oxidation sites excluding steroid dienone is 2. The molecule has 0 atom stereocenters. The van der Waals surface area contributed by atoms with E-state index in [2.05, 4.69) is 0 Å². The summed E-state index contributed by atoms with van der Waals surface area (Å²) in [5.41, 5.74) is 1.00. The van der Waals surface area contributed by atoms with E-state index in [1.807, 2.05) is 41.3 Å². The highest BCUT2D eigenvalue weighted by Crippen LogP contribution is 2.18. The summed E-state index contributed by atoms with van der Waals surface area (Å²) in [6, 6.07) is 7.80. The monoisotopic (exact) mass is 271 g/mol. The quantitative estimate of drug-likeness (QED) is 0.621. The lowest BCUT2D eigenvalue weighted by Crippen LogP contribution is -2.34. The molecule has 1 amide bonds. The van der Waals surface area contributed by atoms with Gasteiger partial charge in [-0.15, -0.1) is 0 Å². The molecule has 1 aliphatic heterocycles. The van der Waals surface area contributed by atoms with Crippen LogP contribution < -0.4 is 4.74 Å². The van der Waals surface area contributed by atoms with Crippen LogP contribution >= 0.6 is 0 Å². The minimum Gasteiger partial charge on any atom is -0.496 e. The molecule has 0 N–H and O–H groups in total. The van der Waals surface area contributed by atoms with Crippen LogP contribution in [0.15, 0.2) is 42.5 Å². The first kappa shape index (κ1) is 14.4. The van der Waals surface area contributed by atoms with Crippen molar-refractivity contribution in [2.75, 3.05) is 20.2 Å². The summed E-state index contributed by atoms with van der Waals surface area (Å²) in [7, 11) is 1.66. The second-order valence-corrected chi connectivity index (χ2v) is 4.85. The number of hydrogen-bond donors (Lipinski definition) is 0. The first-order valence-corrected chi connectivity index (χ1v) is 7.08. The predicted octanol–water partition coefficient (Wildman–Crippen LogP) is 3.28. The number of benzene rings is 1. The lowest BCUT2D eigenvalue weighted by Gasteiger charge is -2.25. The molecule has 0 aromatic heterocycles. The number of likely N-dealkylation sites (tertiary alicyclic amines) is 1. The Labute approximate surface area is 120 Å². The number of carbonyl (C=O) groups is 1. The number of nitrogens with zero attached hydrogens (tertiary/aromatic N) is 1. The van der Waals surface area contributed by atoms with Crippen LogP contribution in [0.4, 0.5) is 0 Å². The fraction of sp³-hybridized carbons (Fsp3) is 0.353. The normalized spacial score (nSPS) is 15.9. The molecular weight excluding hydrogens is 250 g/mol. The standard InChI is InChI=1S/C17H21NO2/c1-20-16-11-5-3-9-15(16)10-4-6-12-17(19)18-13-7-2-8-14-18/h3-6,9-12H,2,7-8,13-14H2,1H3/b10-4+,12-6+. The van der Waals surface area contributed by atoms with Crippen LogP contribution in [-0.4, -0.2) is 31.0 Å². The number of piperidine rings is 1. The number of hydrogen-bond acceptors (Lipinski definition) is 2. The molecule has 0 unspecified atom stereocenters. The predicted molar refractivity (Wildman–Crippen MR) is 81.6 cm³/mol. The van der Waals surface area contributed by atoms with E-state index in [0.717, 1.165) is 37.2 Å². The molecule has 3 nitrogen and oxygen atoms in total. The molecule has 106 valence electrons. The Morgan fingerprint density at radius 1 is 1.15 bits per heavy atom. The number of methoxy groups -OCH3 is 1. The van der Waals surface area contributed by atoms with Crippen molar-refractivity contribution in [2.24, 2.45) is 0 Å². The third-order valence-electron chi connectivity index (χ3n) is 3.43. The van der Waals surface area contributed by atoms with Crippen molar-refractivity contribution in [1.82, 2.24) is 4.90 Å². The zero-order valence-electron chi connectivity index (χ0n) is 11.9. The van der Waals surface area contributed by atoms with Gasteiger partial charge in [0.2, 0.25) is 5.91 Å². The molecule has 1 aliphatic rings. The molecule has 0 aliphatic carbocycles. The minimum atomic E-state index is 0.106. The Hall–Kier alpha value is -2.03. The Bertz CT molecular complexity index is 499. The van der Waals surface area contributed by atoms with Crippen LogP contribution in [0.3, 0.4) is 0 Å². The summed E-state index contributed by atoms with van der Waals surface area (Å²) in [4.78, 5) is 13.8. The summed E-state index contributed by atoms with van der Waals surface area (Å²) in [6.07, 6.45) is 10.7. The summed E-state index contributed by atoms with van der Waals surface area (Å²) in [5.74, 6) is 0.939. The van der Waals surface area contributed by atoms with Gasteiger partial charge in [0.25, 0.3) is 0 Å². The van der Waals surface area contributed by atoms with E-state index in [0.29, 0.717) is 0 Å².